The molecule has 1 N–H and O–H groups in total. The summed E-state index contributed by atoms with van der Waals surface area (Å²) >= 11 is 0. The van der Waals surface area contributed by atoms with Gasteiger partial charge >= 0.3 is 0 Å². The third kappa shape index (κ3) is 5.23. The summed E-state index contributed by atoms with van der Waals surface area (Å²) in [4.78, 5) is 13.0. The van der Waals surface area contributed by atoms with E-state index in [2.05, 4.69) is 18.3 Å². The molecule has 0 saturated carbocycles. The van der Waals surface area contributed by atoms with E-state index in [1.54, 1.807) is 0 Å². The monoisotopic (exact) mass is 373 g/mol. The highest BCUT2D eigenvalue weighted by Crippen LogP contribution is 2.19. The van der Waals surface area contributed by atoms with E-state index < -0.39 is 0 Å². The van der Waals surface area contributed by atoms with E-state index in [1.807, 2.05) is 79.7 Å². The second kappa shape index (κ2) is 9.75. The largest absolute Gasteiger partial charge is 0.489 e. The number of hydrogen-bond donors (Lipinski definition) is 1. The molecule has 28 heavy (non-hydrogen) atoms. The van der Waals surface area contributed by atoms with Crippen molar-refractivity contribution in [2.75, 3.05) is 0 Å². The maximum Gasteiger partial charge on any atom is 0.252 e. The molecule has 0 saturated heterocycles. The summed E-state index contributed by atoms with van der Waals surface area (Å²) in [6.07, 6.45) is 1.87. The number of para-hydroxylation sites is 1. The summed E-state index contributed by atoms with van der Waals surface area (Å²) in [5.41, 5.74) is 3.89. The molecule has 0 aromatic heterocycles. The molecule has 3 aromatic rings. The van der Waals surface area contributed by atoms with Gasteiger partial charge in [0.05, 0.1) is 6.04 Å². The third-order valence-corrected chi connectivity index (χ3v) is 4.73. The van der Waals surface area contributed by atoms with Crippen LogP contribution in [-0.4, -0.2) is 5.91 Å². The lowest BCUT2D eigenvalue weighted by atomic mass is 9.99. The second-order valence-corrected chi connectivity index (χ2v) is 6.95. The van der Waals surface area contributed by atoms with Crippen molar-refractivity contribution in [3.63, 3.8) is 0 Å². The predicted molar refractivity (Wildman–Crippen MR) is 114 cm³/mol. The number of benzene rings is 3. The second-order valence-electron chi connectivity index (χ2n) is 6.95. The zero-order valence-corrected chi connectivity index (χ0v) is 16.5. The smallest absolute Gasteiger partial charge is 0.252 e. The Morgan fingerprint density at radius 2 is 1.64 bits per heavy atom. The Labute approximate surface area is 167 Å². The highest BCUT2D eigenvalue weighted by Gasteiger charge is 2.15. The molecule has 144 valence electrons. The molecule has 0 bridgehead atoms. The zero-order chi connectivity index (χ0) is 19.8. The molecule has 0 aliphatic carbocycles. The molecule has 0 aliphatic rings. The van der Waals surface area contributed by atoms with Crippen LogP contribution in [0.4, 0.5) is 0 Å². The van der Waals surface area contributed by atoms with Crippen molar-refractivity contribution in [3.05, 3.63) is 101 Å². The van der Waals surface area contributed by atoms with Crippen LogP contribution in [0.2, 0.25) is 0 Å². The zero-order valence-electron chi connectivity index (χ0n) is 16.5. The van der Waals surface area contributed by atoms with Crippen LogP contribution in [0, 0.1) is 0 Å². The van der Waals surface area contributed by atoms with Gasteiger partial charge in [-0.2, -0.15) is 0 Å². The summed E-state index contributed by atoms with van der Waals surface area (Å²) in [7, 11) is 0. The van der Waals surface area contributed by atoms with E-state index in [0.717, 1.165) is 40.8 Å². The van der Waals surface area contributed by atoms with Crippen LogP contribution < -0.4 is 10.1 Å². The molecular weight excluding hydrogens is 346 g/mol. The molecule has 0 radical (unpaired) electrons. The molecule has 3 heteroatoms. The average molecular weight is 373 g/mol. The Kier molecular flexibility index (Phi) is 6.85. The maximum atomic E-state index is 13.0. The Hall–Kier alpha value is -3.07. The number of rotatable bonds is 8. The van der Waals surface area contributed by atoms with Crippen LogP contribution in [0.25, 0.3) is 0 Å². The van der Waals surface area contributed by atoms with Crippen LogP contribution in [0.15, 0.2) is 78.9 Å². The first-order valence-electron chi connectivity index (χ1n) is 9.83. The third-order valence-electron chi connectivity index (χ3n) is 4.73. The molecule has 3 aromatic carbocycles. The van der Waals surface area contributed by atoms with Crippen LogP contribution in [-0.2, 0) is 13.0 Å². The van der Waals surface area contributed by atoms with Gasteiger partial charge in [0, 0.05) is 5.56 Å². The maximum absolute atomic E-state index is 13.0. The standard InChI is InChI=1S/C25H27NO2/c1-3-10-22-16-15-20(18-28-23-13-8-5-9-14-23)17-24(22)25(27)26-19(2)21-11-6-4-7-12-21/h4-9,11-17,19H,3,10,18H2,1-2H3,(H,26,27). The van der Waals surface area contributed by atoms with Crippen molar-refractivity contribution in [2.24, 2.45) is 0 Å². The SMILES string of the molecule is CCCc1ccc(COc2ccccc2)cc1C(=O)NC(C)c1ccccc1. The summed E-state index contributed by atoms with van der Waals surface area (Å²) in [6.45, 7) is 4.57. The number of ether oxygens (including phenoxy) is 1. The van der Waals surface area contributed by atoms with Gasteiger partial charge in [-0.1, -0.05) is 74.0 Å². The van der Waals surface area contributed by atoms with Crippen molar-refractivity contribution in [2.45, 2.75) is 39.3 Å². The summed E-state index contributed by atoms with van der Waals surface area (Å²) in [5, 5.41) is 3.13. The van der Waals surface area contributed by atoms with Crippen molar-refractivity contribution in [3.8, 4) is 5.75 Å². The van der Waals surface area contributed by atoms with Gasteiger partial charge in [-0.15, -0.1) is 0 Å². The van der Waals surface area contributed by atoms with E-state index in [1.165, 1.54) is 0 Å². The van der Waals surface area contributed by atoms with Crippen LogP contribution in [0.3, 0.4) is 0 Å². The molecule has 0 heterocycles. The van der Waals surface area contributed by atoms with E-state index >= 15 is 0 Å². The fourth-order valence-electron chi connectivity index (χ4n) is 3.19. The normalized spacial score (nSPS) is 11.6. The fourth-order valence-corrected chi connectivity index (χ4v) is 3.19. The Morgan fingerprint density at radius 3 is 2.32 bits per heavy atom. The van der Waals surface area contributed by atoms with Crippen molar-refractivity contribution < 1.29 is 9.53 Å². The van der Waals surface area contributed by atoms with Gasteiger partial charge in [0.1, 0.15) is 12.4 Å². The van der Waals surface area contributed by atoms with Crippen molar-refractivity contribution in [1.82, 2.24) is 5.32 Å². The van der Waals surface area contributed by atoms with Crippen LogP contribution >= 0.6 is 0 Å². The number of amides is 1. The Bertz CT molecular complexity index is 891. The molecule has 1 amide bonds. The van der Waals surface area contributed by atoms with E-state index in [4.69, 9.17) is 4.74 Å². The molecule has 1 atom stereocenters. The summed E-state index contributed by atoms with van der Waals surface area (Å²) in [5.74, 6) is 0.783. The lowest BCUT2D eigenvalue weighted by Crippen LogP contribution is -2.27. The first-order valence-corrected chi connectivity index (χ1v) is 9.83. The van der Waals surface area contributed by atoms with Gasteiger partial charge in [0.15, 0.2) is 0 Å². The van der Waals surface area contributed by atoms with Gasteiger partial charge in [-0.3, -0.25) is 4.79 Å². The highest BCUT2D eigenvalue weighted by molar-refractivity contribution is 5.96. The minimum atomic E-state index is -0.0487. The summed E-state index contributed by atoms with van der Waals surface area (Å²) < 4.78 is 5.85. The minimum Gasteiger partial charge on any atom is -0.489 e. The lowest BCUT2D eigenvalue weighted by molar-refractivity contribution is 0.0938. The molecular formula is C25H27NO2. The number of carbonyl (C=O) groups is 1. The predicted octanol–water partition coefficient (Wildman–Crippen LogP) is 5.71. The Morgan fingerprint density at radius 1 is 0.964 bits per heavy atom. The van der Waals surface area contributed by atoms with Gasteiger partial charge in [0.2, 0.25) is 0 Å². The van der Waals surface area contributed by atoms with Crippen molar-refractivity contribution >= 4 is 5.91 Å². The molecule has 0 aliphatic heterocycles. The molecule has 1 unspecified atom stereocenters. The van der Waals surface area contributed by atoms with Crippen LogP contribution in [0.1, 0.15) is 53.4 Å². The number of carbonyl (C=O) groups excluding carboxylic acids is 1. The first kappa shape index (κ1) is 19.7. The average Bonchev–Trinajstić information content (AvgIpc) is 2.74. The lowest BCUT2D eigenvalue weighted by Gasteiger charge is -2.17. The number of nitrogens with one attached hydrogen (secondary N) is 1. The van der Waals surface area contributed by atoms with Gasteiger partial charge < -0.3 is 10.1 Å². The van der Waals surface area contributed by atoms with E-state index in [0.29, 0.717) is 6.61 Å². The quantitative estimate of drug-likeness (QED) is 0.549. The number of aryl methyl sites for hydroxylation is 1. The molecule has 0 fully saturated rings. The summed E-state index contributed by atoms with van der Waals surface area (Å²) in [6, 6.07) is 25.7. The van der Waals surface area contributed by atoms with Gasteiger partial charge in [-0.25, -0.2) is 0 Å². The topological polar surface area (TPSA) is 38.3 Å². The highest BCUT2D eigenvalue weighted by atomic mass is 16.5. The first-order chi connectivity index (χ1) is 13.7. The molecule has 3 nitrogen and oxygen atoms in total. The Balaban J connectivity index is 1.75. The van der Waals surface area contributed by atoms with Crippen molar-refractivity contribution in [1.29, 1.82) is 0 Å². The molecule has 0 spiro atoms. The van der Waals surface area contributed by atoms with Crippen LogP contribution in [0.5, 0.6) is 5.75 Å². The van der Waals surface area contributed by atoms with Gasteiger partial charge in [-0.05, 0) is 48.2 Å². The van der Waals surface area contributed by atoms with E-state index in [9.17, 15) is 4.79 Å². The fraction of sp³-hybridized carbons (Fsp3) is 0.240. The minimum absolute atomic E-state index is 0.0404. The molecule has 3 rings (SSSR count). The van der Waals surface area contributed by atoms with Gasteiger partial charge in [0.25, 0.3) is 5.91 Å². The van der Waals surface area contributed by atoms with E-state index in [-0.39, 0.29) is 11.9 Å². The number of hydrogen-bond acceptors (Lipinski definition) is 2.